The molecule has 0 aliphatic carbocycles. The predicted octanol–water partition coefficient (Wildman–Crippen LogP) is 3.79. The van der Waals surface area contributed by atoms with E-state index in [1.165, 1.54) is 16.0 Å². The molecule has 0 aliphatic rings. The summed E-state index contributed by atoms with van der Waals surface area (Å²) in [7, 11) is 1.74. The van der Waals surface area contributed by atoms with E-state index >= 15 is 0 Å². The minimum Gasteiger partial charge on any atom is -0.385 e. The number of aromatic nitrogens is 2. The highest BCUT2D eigenvalue weighted by atomic mass is 32.1. The van der Waals surface area contributed by atoms with Crippen LogP contribution in [0.3, 0.4) is 0 Å². The van der Waals surface area contributed by atoms with Gasteiger partial charge in [0.05, 0.1) is 11.4 Å². The quantitative estimate of drug-likeness (QED) is 0.602. The highest BCUT2D eigenvalue weighted by Gasteiger charge is 2.12. The highest BCUT2D eigenvalue weighted by molar-refractivity contribution is 7.13. The van der Waals surface area contributed by atoms with E-state index < -0.39 is 0 Å². The van der Waals surface area contributed by atoms with Crippen LogP contribution in [-0.2, 0) is 17.8 Å². The summed E-state index contributed by atoms with van der Waals surface area (Å²) in [6.45, 7) is 3.36. The third-order valence-electron chi connectivity index (χ3n) is 3.80. The van der Waals surface area contributed by atoms with E-state index in [9.17, 15) is 0 Å². The molecule has 0 bridgehead atoms. The number of nitrogens with zero attached hydrogens (tertiary/aromatic N) is 2. The molecule has 0 aliphatic heterocycles. The van der Waals surface area contributed by atoms with Gasteiger partial charge in [0, 0.05) is 32.0 Å². The first kappa shape index (κ1) is 16.9. The zero-order valence-electron chi connectivity index (χ0n) is 13.9. The van der Waals surface area contributed by atoms with Crippen molar-refractivity contribution in [3.05, 3.63) is 65.2 Å². The second kappa shape index (κ2) is 8.78. The third kappa shape index (κ3) is 4.54. The van der Waals surface area contributed by atoms with Crippen LogP contribution in [0.15, 0.2) is 54.0 Å². The molecule has 3 aromatic rings. The molecule has 0 atom stereocenters. The fourth-order valence-electron chi connectivity index (χ4n) is 2.63. The molecule has 126 valence electrons. The molecular formula is C19H23N3OS. The van der Waals surface area contributed by atoms with Crippen LogP contribution >= 0.6 is 11.3 Å². The summed E-state index contributed by atoms with van der Waals surface area (Å²) in [5.41, 5.74) is 3.59. The average Bonchev–Trinajstić information content (AvgIpc) is 3.25. The number of hydrogen-bond acceptors (Lipinski definition) is 4. The van der Waals surface area contributed by atoms with Gasteiger partial charge in [-0.05, 0) is 30.0 Å². The number of nitrogens with one attached hydrogen (secondary N) is 1. The van der Waals surface area contributed by atoms with E-state index in [4.69, 9.17) is 9.84 Å². The summed E-state index contributed by atoms with van der Waals surface area (Å²) in [5.74, 6) is 0. The first-order valence-electron chi connectivity index (χ1n) is 8.20. The van der Waals surface area contributed by atoms with Gasteiger partial charge in [0.25, 0.3) is 0 Å². The second-order valence-electron chi connectivity index (χ2n) is 5.69. The lowest BCUT2D eigenvalue weighted by atomic mass is 10.2. The zero-order valence-corrected chi connectivity index (χ0v) is 14.8. The van der Waals surface area contributed by atoms with Crippen LogP contribution in [0.25, 0.3) is 10.6 Å². The van der Waals surface area contributed by atoms with Gasteiger partial charge in [0.1, 0.15) is 5.69 Å². The lowest BCUT2D eigenvalue weighted by Gasteiger charge is -2.04. The summed E-state index contributed by atoms with van der Waals surface area (Å²) in [4.78, 5) is 1.22. The van der Waals surface area contributed by atoms with Crippen LogP contribution in [0.4, 0.5) is 0 Å². The maximum absolute atomic E-state index is 5.09. The molecule has 0 saturated carbocycles. The lowest BCUT2D eigenvalue weighted by molar-refractivity contribution is 0.194. The number of thiophene rings is 1. The molecule has 0 radical (unpaired) electrons. The Kier molecular flexibility index (Phi) is 6.18. The van der Waals surface area contributed by atoms with E-state index in [1.807, 2.05) is 10.7 Å². The van der Waals surface area contributed by atoms with E-state index in [2.05, 4.69) is 53.3 Å². The average molecular weight is 341 g/mol. The minimum atomic E-state index is 0.790. The summed E-state index contributed by atoms with van der Waals surface area (Å²) >= 11 is 1.73. The Labute approximate surface area is 147 Å². The zero-order chi connectivity index (χ0) is 16.6. The van der Waals surface area contributed by atoms with Gasteiger partial charge < -0.3 is 10.1 Å². The molecule has 0 spiro atoms. The van der Waals surface area contributed by atoms with E-state index in [-0.39, 0.29) is 0 Å². The molecular weight excluding hydrogens is 318 g/mol. The van der Waals surface area contributed by atoms with E-state index in [1.54, 1.807) is 18.4 Å². The molecule has 0 amide bonds. The molecule has 0 unspecified atom stereocenters. The van der Waals surface area contributed by atoms with Crippen molar-refractivity contribution < 1.29 is 4.74 Å². The highest BCUT2D eigenvalue weighted by Crippen LogP contribution is 2.26. The van der Waals surface area contributed by atoms with Gasteiger partial charge in [0.15, 0.2) is 0 Å². The molecule has 2 heterocycles. The Morgan fingerprint density at radius 2 is 2.04 bits per heavy atom. The molecule has 1 N–H and O–H groups in total. The van der Waals surface area contributed by atoms with Crippen molar-refractivity contribution in [1.82, 2.24) is 15.1 Å². The minimum absolute atomic E-state index is 0.790. The lowest BCUT2D eigenvalue weighted by Crippen LogP contribution is -2.16. The molecule has 24 heavy (non-hydrogen) atoms. The fraction of sp³-hybridized carbons (Fsp3) is 0.316. The van der Waals surface area contributed by atoms with Crippen molar-refractivity contribution in [1.29, 1.82) is 0 Å². The summed E-state index contributed by atoms with van der Waals surface area (Å²) in [6, 6.07) is 14.7. The van der Waals surface area contributed by atoms with E-state index in [0.29, 0.717) is 0 Å². The summed E-state index contributed by atoms with van der Waals surface area (Å²) < 4.78 is 7.13. The molecule has 5 heteroatoms. The van der Waals surface area contributed by atoms with Crippen molar-refractivity contribution in [3.63, 3.8) is 0 Å². The normalized spacial score (nSPS) is 11.0. The number of ether oxygens (including phenoxy) is 1. The third-order valence-corrected chi connectivity index (χ3v) is 4.67. The summed E-state index contributed by atoms with van der Waals surface area (Å²) in [5, 5.41) is 10.4. The van der Waals surface area contributed by atoms with Crippen LogP contribution in [0.2, 0.25) is 0 Å². The van der Waals surface area contributed by atoms with Crippen LogP contribution in [0.5, 0.6) is 0 Å². The number of rotatable bonds is 9. The predicted molar refractivity (Wildman–Crippen MR) is 99.3 cm³/mol. The molecule has 0 fully saturated rings. The van der Waals surface area contributed by atoms with Crippen LogP contribution in [-0.4, -0.2) is 30.0 Å². The molecule has 2 aromatic heterocycles. The van der Waals surface area contributed by atoms with Gasteiger partial charge in [-0.25, -0.2) is 0 Å². The van der Waals surface area contributed by atoms with Gasteiger partial charge in [-0.3, -0.25) is 4.68 Å². The largest absolute Gasteiger partial charge is 0.385 e. The monoisotopic (exact) mass is 341 g/mol. The number of benzene rings is 1. The first-order chi connectivity index (χ1) is 11.9. The summed E-state index contributed by atoms with van der Waals surface area (Å²) in [6.07, 6.45) is 3.17. The molecule has 1 aromatic carbocycles. The van der Waals surface area contributed by atoms with Crippen molar-refractivity contribution in [2.24, 2.45) is 0 Å². The van der Waals surface area contributed by atoms with Crippen molar-refractivity contribution >= 4 is 11.3 Å². The Morgan fingerprint density at radius 3 is 2.79 bits per heavy atom. The topological polar surface area (TPSA) is 39.1 Å². The standard InChI is InChI=1S/C19H23N3OS/c1-23-11-6-10-20-13-17-15-22(14-16-7-3-2-4-8-16)21-19(17)18-9-5-12-24-18/h2-5,7-9,12,15,20H,6,10-11,13-14H2,1H3. The van der Waals surface area contributed by atoms with Crippen LogP contribution in [0, 0.1) is 0 Å². The van der Waals surface area contributed by atoms with Gasteiger partial charge in [-0.2, -0.15) is 5.10 Å². The Bertz CT molecular complexity index is 722. The van der Waals surface area contributed by atoms with Gasteiger partial charge in [0.2, 0.25) is 0 Å². The SMILES string of the molecule is COCCCNCc1cn(Cc2ccccc2)nc1-c1cccs1. The van der Waals surface area contributed by atoms with Crippen LogP contribution < -0.4 is 5.32 Å². The number of hydrogen-bond donors (Lipinski definition) is 1. The second-order valence-corrected chi connectivity index (χ2v) is 6.63. The molecule has 4 nitrogen and oxygen atoms in total. The van der Waals surface area contributed by atoms with Crippen molar-refractivity contribution in [2.45, 2.75) is 19.5 Å². The first-order valence-corrected chi connectivity index (χ1v) is 9.08. The van der Waals surface area contributed by atoms with Crippen LogP contribution in [0.1, 0.15) is 17.5 Å². The van der Waals surface area contributed by atoms with Gasteiger partial charge in [-0.1, -0.05) is 36.4 Å². The van der Waals surface area contributed by atoms with Crippen molar-refractivity contribution in [3.8, 4) is 10.6 Å². The van der Waals surface area contributed by atoms with Crippen molar-refractivity contribution in [2.75, 3.05) is 20.3 Å². The Morgan fingerprint density at radius 1 is 1.17 bits per heavy atom. The maximum atomic E-state index is 5.09. The Hall–Kier alpha value is -1.95. The van der Waals surface area contributed by atoms with Gasteiger partial charge in [-0.15, -0.1) is 11.3 Å². The smallest absolute Gasteiger partial charge is 0.107 e. The van der Waals surface area contributed by atoms with Gasteiger partial charge >= 0.3 is 0 Å². The fourth-order valence-corrected chi connectivity index (χ4v) is 3.37. The van der Waals surface area contributed by atoms with E-state index in [0.717, 1.165) is 38.4 Å². The maximum Gasteiger partial charge on any atom is 0.107 e. The number of methoxy groups -OCH3 is 1. The Balaban J connectivity index is 1.73. The molecule has 0 saturated heterocycles. The molecule has 3 rings (SSSR count).